The molecule has 0 aliphatic rings. The second-order valence-electron chi connectivity index (χ2n) is 3.88. The smallest absolute Gasteiger partial charge is 0.00463 e. The summed E-state index contributed by atoms with van der Waals surface area (Å²) in [6, 6.07) is 16.7. The van der Waals surface area contributed by atoms with Crippen molar-refractivity contribution < 1.29 is 0 Å². The summed E-state index contributed by atoms with van der Waals surface area (Å²) in [5, 5.41) is 4.99. The van der Waals surface area contributed by atoms with E-state index in [0.717, 1.165) is 9.79 Å². The van der Waals surface area contributed by atoms with Crippen LogP contribution in [0.2, 0.25) is 0 Å². The molecule has 0 radical (unpaired) electrons. The molecule has 2 heteroatoms. The van der Waals surface area contributed by atoms with E-state index >= 15 is 0 Å². The molecule has 0 amide bonds. The Morgan fingerprint density at radius 1 is 0.562 bits per heavy atom. The Balaban J connectivity index is 2.50. The van der Waals surface area contributed by atoms with E-state index in [0.29, 0.717) is 0 Å². The molecule has 0 aliphatic heterocycles. The fourth-order valence-corrected chi connectivity index (χ4v) is 2.47. The van der Waals surface area contributed by atoms with Crippen molar-refractivity contribution in [1.29, 1.82) is 0 Å². The summed E-state index contributed by atoms with van der Waals surface area (Å²) >= 11 is 8.72. The molecule has 0 atom stereocenters. The van der Waals surface area contributed by atoms with Crippen LogP contribution < -0.4 is 0 Å². The van der Waals surface area contributed by atoms with Crippen molar-refractivity contribution in [1.82, 2.24) is 0 Å². The molecule has 0 nitrogen and oxygen atoms in total. The third-order valence-corrected chi connectivity index (χ3v) is 3.36. The van der Waals surface area contributed by atoms with Crippen LogP contribution in [0.25, 0.3) is 21.5 Å². The molecular weight excluding hydrogens is 232 g/mol. The van der Waals surface area contributed by atoms with Crippen LogP contribution in [0.3, 0.4) is 0 Å². The summed E-state index contributed by atoms with van der Waals surface area (Å²) < 4.78 is 0. The monoisotopic (exact) mass is 242 g/mol. The molecule has 0 heterocycles. The van der Waals surface area contributed by atoms with Gasteiger partial charge in [-0.25, -0.2) is 0 Å². The average Bonchev–Trinajstić information content (AvgIpc) is 2.28. The predicted octanol–water partition coefficient (Wildman–Crippen LogP) is 4.57. The molecule has 0 aliphatic carbocycles. The number of fused-ring (bicyclic) bond motifs is 3. The third kappa shape index (κ3) is 1.58. The van der Waals surface area contributed by atoms with Gasteiger partial charge in [0.05, 0.1) is 0 Å². The highest BCUT2D eigenvalue weighted by atomic mass is 32.1. The first-order valence-corrected chi connectivity index (χ1v) is 5.98. The maximum atomic E-state index is 4.36. The van der Waals surface area contributed by atoms with Gasteiger partial charge in [0.1, 0.15) is 0 Å². The second kappa shape index (κ2) is 3.72. The molecule has 0 saturated carbocycles. The Hall–Kier alpha value is -1.12. The van der Waals surface area contributed by atoms with Crippen LogP contribution >= 0.6 is 25.3 Å². The van der Waals surface area contributed by atoms with E-state index in [1.165, 1.54) is 21.5 Å². The van der Waals surface area contributed by atoms with Crippen LogP contribution in [-0.4, -0.2) is 0 Å². The minimum absolute atomic E-state index is 0.998. The Bertz CT molecular complexity index is 626. The van der Waals surface area contributed by atoms with E-state index in [1.807, 2.05) is 12.1 Å². The van der Waals surface area contributed by atoms with Crippen molar-refractivity contribution in [3.63, 3.8) is 0 Å². The van der Waals surface area contributed by atoms with Crippen molar-refractivity contribution in [2.45, 2.75) is 9.79 Å². The number of thiol groups is 2. The van der Waals surface area contributed by atoms with E-state index in [9.17, 15) is 0 Å². The first-order chi connectivity index (χ1) is 7.74. The number of rotatable bonds is 0. The van der Waals surface area contributed by atoms with Crippen LogP contribution in [0.1, 0.15) is 0 Å². The molecule has 0 saturated heterocycles. The van der Waals surface area contributed by atoms with Crippen LogP contribution in [0.4, 0.5) is 0 Å². The van der Waals surface area contributed by atoms with E-state index in [1.54, 1.807) is 0 Å². The summed E-state index contributed by atoms with van der Waals surface area (Å²) in [7, 11) is 0. The molecule has 3 aromatic carbocycles. The largest absolute Gasteiger partial charge is 0.143 e. The van der Waals surface area contributed by atoms with Crippen LogP contribution in [0.5, 0.6) is 0 Å². The summed E-state index contributed by atoms with van der Waals surface area (Å²) in [5.74, 6) is 0. The van der Waals surface area contributed by atoms with Crippen LogP contribution in [0, 0.1) is 0 Å². The predicted molar refractivity (Wildman–Crippen MR) is 76.0 cm³/mol. The fraction of sp³-hybridized carbons (Fsp3) is 0. The Morgan fingerprint density at radius 3 is 1.44 bits per heavy atom. The lowest BCUT2D eigenvalue weighted by molar-refractivity contribution is 1.51. The summed E-state index contributed by atoms with van der Waals surface area (Å²) in [4.78, 5) is 2.00. The maximum Gasteiger partial charge on any atom is 0.00463 e. The zero-order chi connectivity index (χ0) is 11.1. The van der Waals surface area contributed by atoms with Gasteiger partial charge < -0.3 is 0 Å². The highest BCUT2D eigenvalue weighted by Gasteiger charge is 2.00. The molecule has 0 unspecified atom stereocenters. The van der Waals surface area contributed by atoms with E-state index in [2.05, 4.69) is 61.7 Å². The molecule has 3 rings (SSSR count). The van der Waals surface area contributed by atoms with Gasteiger partial charge >= 0.3 is 0 Å². The zero-order valence-electron chi connectivity index (χ0n) is 8.51. The van der Waals surface area contributed by atoms with Crippen molar-refractivity contribution in [3.8, 4) is 0 Å². The SMILES string of the molecule is Sc1ccc2c(ccc3cc(S)ccc32)c1. The third-order valence-electron chi connectivity index (χ3n) is 2.80. The van der Waals surface area contributed by atoms with Gasteiger partial charge in [0.15, 0.2) is 0 Å². The Morgan fingerprint density at radius 2 is 1.00 bits per heavy atom. The van der Waals surface area contributed by atoms with Gasteiger partial charge in [-0.15, -0.1) is 25.3 Å². The summed E-state index contributed by atoms with van der Waals surface area (Å²) in [6.07, 6.45) is 0. The number of hydrogen-bond acceptors (Lipinski definition) is 2. The van der Waals surface area contributed by atoms with Crippen LogP contribution in [-0.2, 0) is 0 Å². The number of hydrogen-bond donors (Lipinski definition) is 2. The van der Waals surface area contributed by atoms with Crippen molar-refractivity contribution in [2.24, 2.45) is 0 Å². The second-order valence-corrected chi connectivity index (χ2v) is 4.91. The van der Waals surface area contributed by atoms with Gasteiger partial charge in [-0.05, 0) is 45.8 Å². The van der Waals surface area contributed by atoms with Gasteiger partial charge in [0, 0.05) is 9.79 Å². The molecule has 0 aromatic heterocycles. The zero-order valence-corrected chi connectivity index (χ0v) is 10.3. The standard InChI is InChI=1S/C14H10S2/c15-11-3-5-13-9(7-11)1-2-10-8-12(16)4-6-14(10)13/h1-8,15-16H. The summed E-state index contributed by atoms with van der Waals surface area (Å²) in [5.41, 5.74) is 0. The fourth-order valence-electron chi connectivity index (χ4n) is 2.05. The van der Waals surface area contributed by atoms with E-state index < -0.39 is 0 Å². The number of benzene rings is 3. The molecule has 0 fully saturated rings. The minimum Gasteiger partial charge on any atom is -0.143 e. The highest BCUT2D eigenvalue weighted by molar-refractivity contribution is 7.80. The van der Waals surface area contributed by atoms with E-state index in [-0.39, 0.29) is 0 Å². The van der Waals surface area contributed by atoms with Gasteiger partial charge in [-0.2, -0.15) is 0 Å². The lowest BCUT2D eigenvalue weighted by atomic mass is 10.0. The minimum atomic E-state index is 0.998. The molecule has 0 N–H and O–H groups in total. The van der Waals surface area contributed by atoms with E-state index in [4.69, 9.17) is 0 Å². The lowest BCUT2D eigenvalue weighted by Gasteiger charge is -2.05. The Kier molecular flexibility index (Phi) is 2.34. The topological polar surface area (TPSA) is 0 Å². The Labute approximate surface area is 105 Å². The van der Waals surface area contributed by atoms with Crippen LogP contribution in [0.15, 0.2) is 58.3 Å². The van der Waals surface area contributed by atoms with Crippen molar-refractivity contribution in [3.05, 3.63) is 48.5 Å². The highest BCUT2D eigenvalue weighted by Crippen LogP contribution is 2.28. The average molecular weight is 242 g/mol. The maximum absolute atomic E-state index is 4.36. The first kappa shape index (κ1) is 10.1. The molecule has 78 valence electrons. The lowest BCUT2D eigenvalue weighted by Crippen LogP contribution is -1.78. The van der Waals surface area contributed by atoms with Gasteiger partial charge in [0.2, 0.25) is 0 Å². The van der Waals surface area contributed by atoms with Gasteiger partial charge in [-0.3, -0.25) is 0 Å². The normalized spacial score (nSPS) is 11.1. The first-order valence-electron chi connectivity index (χ1n) is 5.08. The molecular formula is C14H10S2. The molecule has 0 spiro atoms. The van der Waals surface area contributed by atoms with Crippen molar-refractivity contribution in [2.75, 3.05) is 0 Å². The molecule has 0 bridgehead atoms. The van der Waals surface area contributed by atoms with Gasteiger partial charge in [0.25, 0.3) is 0 Å². The molecule has 16 heavy (non-hydrogen) atoms. The summed E-state index contributed by atoms with van der Waals surface area (Å²) in [6.45, 7) is 0. The molecule has 3 aromatic rings. The van der Waals surface area contributed by atoms with Crippen molar-refractivity contribution >= 4 is 46.8 Å². The quantitative estimate of drug-likeness (QED) is 0.419. The van der Waals surface area contributed by atoms with Gasteiger partial charge in [-0.1, -0.05) is 24.3 Å².